The molecular formula is C15H19N3. The van der Waals surface area contributed by atoms with Crippen molar-refractivity contribution in [2.24, 2.45) is 0 Å². The van der Waals surface area contributed by atoms with Crippen LogP contribution >= 0.6 is 0 Å². The summed E-state index contributed by atoms with van der Waals surface area (Å²) in [6.07, 6.45) is 7.69. The molecule has 18 heavy (non-hydrogen) atoms. The molecule has 0 unspecified atom stereocenters. The molecule has 1 aromatic heterocycles. The van der Waals surface area contributed by atoms with E-state index in [0.29, 0.717) is 0 Å². The van der Waals surface area contributed by atoms with Crippen molar-refractivity contribution in [2.45, 2.75) is 38.4 Å². The summed E-state index contributed by atoms with van der Waals surface area (Å²) in [5.41, 5.74) is 1.38. The molecule has 2 aromatic rings. The Morgan fingerprint density at radius 1 is 1.22 bits per heavy atom. The lowest BCUT2D eigenvalue weighted by Gasteiger charge is -2.08. The minimum atomic E-state index is 0.740. The van der Waals surface area contributed by atoms with E-state index in [1.165, 1.54) is 18.4 Å². The second-order valence-electron chi connectivity index (χ2n) is 4.93. The first kappa shape index (κ1) is 11.5. The SMILES string of the molecule is c1ccc(CCn2ccnc2CNC2CC2)cc1. The molecule has 3 nitrogen and oxygen atoms in total. The number of nitrogens with zero attached hydrogens (tertiary/aromatic N) is 2. The van der Waals surface area contributed by atoms with Crippen molar-refractivity contribution in [3.63, 3.8) is 0 Å². The van der Waals surface area contributed by atoms with Gasteiger partial charge in [-0.3, -0.25) is 0 Å². The van der Waals surface area contributed by atoms with E-state index in [-0.39, 0.29) is 0 Å². The Bertz CT molecular complexity index is 485. The first-order chi connectivity index (χ1) is 8.92. The average Bonchev–Trinajstić information content (AvgIpc) is 3.14. The fourth-order valence-electron chi connectivity index (χ4n) is 2.13. The molecule has 1 heterocycles. The van der Waals surface area contributed by atoms with Gasteiger partial charge in [-0.25, -0.2) is 4.98 Å². The molecule has 0 amide bonds. The van der Waals surface area contributed by atoms with Crippen LogP contribution in [0, 0.1) is 0 Å². The van der Waals surface area contributed by atoms with E-state index in [0.717, 1.165) is 31.4 Å². The molecule has 0 bridgehead atoms. The second-order valence-corrected chi connectivity index (χ2v) is 4.93. The predicted molar refractivity (Wildman–Crippen MR) is 72.2 cm³/mol. The van der Waals surface area contributed by atoms with Crippen LogP contribution in [0.25, 0.3) is 0 Å². The van der Waals surface area contributed by atoms with Crippen molar-refractivity contribution in [3.05, 3.63) is 54.1 Å². The number of rotatable bonds is 6. The summed E-state index contributed by atoms with van der Waals surface area (Å²) >= 11 is 0. The highest BCUT2D eigenvalue weighted by molar-refractivity contribution is 5.14. The molecule has 0 atom stereocenters. The number of imidazole rings is 1. The van der Waals surface area contributed by atoms with Gasteiger partial charge in [0, 0.05) is 25.0 Å². The van der Waals surface area contributed by atoms with Crippen LogP contribution in [0.2, 0.25) is 0 Å². The third kappa shape index (κ3) is 2.99. The monoisotopic (exact) mass is 241 g/mol. The molecule has 3 heteroatoms. The van der Waals surface area contributed by atoms with Crippen LogP contribution < -0.4 is 5.32 Å². The Kier molecular flexibility index (Phi) is 3.42. The molecule has 1 aromatic carbocycles. The third-order valence-corrected chi connectivity index (χ3v) is 3.41. The summed E-state index contributed by atoms with van der Waals surface area (Å²) in [6.45, 7) is 1.90. The summed E-state index contributed by atoms with van der Waals surface area (Å²) in [4.78, 5) is 4.43. The summed E-state index contributed by atoms with van der Waals surface area (Å²) in [5.74, 6) is 1.15. The number of nitrogens with one attached hydrogen (secondary N) is 1. The Hall–Kier alpha value is -1.61. The van der Waals surface area contributed by atoms with E-state index in [2.05, 4.69) is 51.4 Å². The summed E-state index contributed by atoms with van der Waals surface area (Å²) in [6, 6.07) is 11.4. The van der Waals surface area contributed by atoms with Gasteiger partial charge in [-0.05, 0) is 24.8 Å². The molecule has 1 fully saturated rings. The Balaban J connectivity index is 1.56. The molecule has 1 aliphatic rings. The van der Waals surface area contributed by atoms with E-state index in [1.54, 1.807) is 0 Å². The number of hydrogen-bond donors (Lipinski definition) is 1. The fourth-order valence-corrected chi connectivity index (χ4v) is 2.13. The van der Waals surface area contributed by atoms with E-state index >= 15 is 0 Å². The molecule has 3 rings (SSSR count). The van der Waals surface area contributed by atoms with E-state index in [4.69, 9.17) is 0 Å². The van der Waals surface area contributed by atoms with Gasteiger partial charge in [-0.2, -0.15) is 0 Å². The van der Waals surface area contributed by atoms with Gasteiger partial charge in [-0.1, -0.05) is 30.3 Å². The van der Waals surface area contributed by atoms with Gasteiger partial charge in [0.1, 0.15) is 5.82 Å². The normalized spacial score (nSPS) is 14.9. The first-order valence-electron chi connectivity index (χ1n) is 6.69. The molecule has 0 aliphatic heterocycles. The minimum Gasteiger partial charge on any atom is -0.334 e. The van der Waals surface area contributed by atoms with Gasteiger partial charge in [0.2, 0.25) is 0 Å². The van der Waals surface area contributed by atoms with Gasteiger partial charge in [0.05, 0.1) is 6.54 Å². The second kappa shape index (κ2) is 5.36. The van der Waals surface area contributed by atoms with Crippen LogP contribution in [0.5, 0.6) is 0 Å². The van der Waals surface area contributed by atoms with Crippen molar-refractivity contribution in [3.8, 4) is 0 Å². The maximum absolute atomic E-state index is 4.43. The number of hydrogen-bond acceptors (Lipinski definition) is 2. The van der Waals surface area contributed by atoms with Crippen molar-refractivity contribution in [1.82, 2.24) is 14.9 Å². The summed E-state index contributed by atoms with van der Waals surface area (Å²) < 4.78 is 2.25. The smallest absolute Gasteiger partial charge is 0.122 e. The highest BCUT2D eigenvalue weighted by atomic mass is 15.1. The topological polar surface area (TPSA) is 29.9 Å². The van der Waals surface area contributed by atoms with Gasteiger partial charge in [-0.15, -0.1) is 0 Å². The van der Waals surface area contributed by atoms with E-state index < -0.39 is 0 Å². The quantitative estimate of drug-likeness (QED) is 0.841. The zero-order valence-corrected chi connectivity index (χ0v) is 10.5. The van der Waals surface area contributed by atoms with Crippen LogP contribution in [0.3, 0.4) is 0 Å². The first-order valence-corrected chi connectivity index (χ1v) is 6.69. The van der Waals surface area contributed by atoms with Gasteiger partial charge >= 0.3 is 0 Å². The lowest BCUT2D eigenvalue weighted by atomic mass is 10.1. The fraction of sp³-hybridized carbons (Fsp3) is 0.400. The Labute approximate surface area is 108 Å². The molecular weight excluding hydrogens is 222 g/mol. The lowest BCUT2D eigenvalue weighted by Crippen LogP contribution is -2.19. The highest BCUT2D eigenvalue weighted by Crippen LogP contribution is 2.19. The van der Waals surface area contributed by atoms with Crippen LogP contribution in [-0.2, 0) is 19.5 Å². The lowest BCUT2D eigenvalue weighted by molar-refractivity contribution is 0.592. The zero-order valence-electron chi connectivity index (χ0n) is 10.5. The Morgan fingerprint density at radius 3 is 2.83 bits per heavy atom. The van der Waals surface area contributed by atoms with Gasteiger partial charge in [0.25, 0.3) is 0 Å². The minimum absolute atomic E-state index is 0.740. The largest absolute Gasteiger partial charge is 0.334 e. The van der Waals surface area contributed by atoms with Crippen LogP contribution in [-0.4, -0.2) is 15.6 Å². The van der Waals surface area contributed by atoms with Crippen molar-refractivity contribution in [2.75, 3.05) is 0 Å². The molecule has 1 saturated carbocycles. The van der Waals surface area contributed by atoms with Crippen LogP contribution in [0.1, 0.15) is 24.2 Å². The van der Waals surface area contributed by atoms with Crippen LogP contribution in [0.15, 0.2) is 42.7 Å². The Morgan fingerprint density at radius 2 is 2.06 bits per heavy atom. The molecule has 94 valence electrons. The molecule has 1 aliphatic carbocycles. The number of aromatic nitrogens is 2. The van der Waals surface area contributed by atoms with Gasteiger partial charge < -0.3 is 9.88 Å². The van der Waals surface area contributed by atoms with Crippen molar-refractivity contribution in [1.29, 1.82) is 0 Å². The third-order valence-electron chi connectivity index (χ3n) is 3.41. The van der Waals surface area contributed by atoms with Crippen LogP contribution in [0.4, 0.5) is 0 Å². The van der Waals surface area contributed by atoms with Crippen molar-refractivity contribution >= 4 is 0 Å². The summed E-state index contributed by atoms with van der Waals surface area (Å²) in [5, 5.41) is 3.51. The van der Waals surface area contributed by atoms with E-state index in [9.17, 15) is 0 Å². The zero-order chi connectivity index (χ0) is 12.2. The standard InChI is InChI=1S/C15H19N3/c1-2-4-13(5-3-1)8-10-18-11-9-16-15(18)12-17-14-6-7-14/h1-5,9,11,14,17H,6-8,10,12H2. The van der Waals surface area contributed by atoms with Gasteiger partial charge in [0.15, 0.2) is 0 Å². The predicted octanol–water partition coefficient (Wildman–Crippen LogP) is 2.38. The molecule has 1 N–H and O–H groups in total. The molecule has 0 radical (unpaired) electrons. The molecule has 0 saturated heterocycles. The number of benzene rings is 1. The van der Waals surface area contributed by atoms with E-state index in [1.807, 2.05) is 6.20 Å². The summed E-state index contributed by atoms with van der Waals surface area (Å²) in [7, 11) is 0. The maximum Gasteiger partial charge on any atom is 0.122 e. The number of aryl methyl sites for hydroxylation is 2. The van der Waals surface area contributed by atoms with Crippen molar-refractivity contribution < 1.29 is 0 Å². The average molecular weight is 241 g/mol. The maximum atomic E-state index is 4.43. The molecule has 0 spiro atoms. The highest BCUT2D eigenvalue weighted by Gasteiger charge is 2.20.